The van der Waals surface area contributed by atoms with Crippen molar-refractivity contribution in [3.63, 3.8) is 0 Å². The SMILES string of the molecule is COCOc1cc(CO)cc(OCOC)c1C(=O)c1c(OCOC)cccc1C1OCCCO1. The molecule has 0 saturated carbocycles. The minimum absolute atomic E-state index is 0.0698. The standard InChI is InChI=1S/C24H30O10/c1-27-13-32-18-7-4-6-17(24-30-8-5-9-31-24)21(18)23(26)22-19(33-14-28-2)10-16(12-25)11-20(22)34-15-29-3/h4,6-7,10-11,24-25H,5,8-9,12-15H2,1-3H3. The molecule has 0 aliphatic carbocycles. The number of carbonyl (C=O) groups excluding carboxylic acids is 1. The number of aliphatic hydroxyl groups excluding tert-OH is 1. The second-order valence-electron chi connectivity index (χ2n) is 7.25. The van der Waals surface area contributed by atoms with E-state index in [4.69, 9.17) is 37.9 Å². The molecule has 0 amide bonds. The first kappa shape index (κ1) is 25.9. The highest BCUT2D eigenvalue weighted by Crippen LogP contribution is 2.39. The van der Waals surface area contributed by atoms with E-state index in [0.717, 1.165) is 6.42 Å². The number of carbonyl (C=O) groups is 1. The quantitative estimate of drug-likeness (QED) is 0.341. The first-order chi connectivity index (χ1) is 16.6. The summed E-state index contributed by atoms with van der Waals surface area (Å²) in [6, 6.07) is 8.26. The summed E-state index contributed by atoms with van der Waals surface area (Å²) in [7, 11) is 4.41. The lowest BCUT2D eigenvalue weighted by molar-refractivity contribution is -0.183. The largest absolute Gasteiger partial charge is 0.467 e. The molecule has 10 nitrogen and oxygen atoms in total. The Morgan fingerprint density at radius 2 is 1.44 bits per heavy atom. The summed E-state index contributed by atoms with van der Waals surface area (Å²) in [4.78, 5) is 14.1. The van der Waals surface area contributed by atoms with Crippen molar-refractivity contribution in [3.8, 4) is 17.2 Å². The lowest BCUT2D eigenvalue weighted by Crippen LogP contribution is -2.22. The Labute approximate surface area is 198 Å². The summed E-state index contributed by atoms with van der Waals surface area (Å²) in [5.41, 5.74) is 1.31. The Kier molecular flexibility index (Phi) is 10.1. The number of hydrogen-bond acceptors (Lipinski definition) is 10. The van der Waals surface area contributed by atoms with Crippen molar-refractivity contribution in [2.45, 2.75) is 19.3 Å². The van der Waals surface area contributed by atoms with Crippen LogP contribution in [0.1, 0.15) is 39.8 Å². The van der Waals surface area contributed by atoms with Gasteiger partial charge in [-0.1, -0.05) is 12.1 Å². The van der Waals surface area contributed by atoms with Gasteiger partial charge < -0.3 is 43.0 Å². The van der Waals surface area contributed by atoms with Crippen LogP contribution in [0.2, 0.25) is 0 Å². The maximum Gasteiger partial charge on any atom is 0.204 e. The van der Waals surface area contributed by atoms with Gasteiger partial charge in [-0.2, -0.15) is 0 Å². The molecule has 2 aromatic rings. The van der Waals surface area contributed by atoms with Crippen LogP contribution in [0, 0.1) is 0 Å². The second kappa shape index (κ2) is 13.2. The summed E-state index contributed by atoms with van der Waals surface area (Å²) in [6.45, 7) is 0.391. The van der Waals surface area contributed by atoms with E-state index in [1.165, 1.54) is 21.3 Å². The van der Waals surface area contributed by atoms with Gasteiger partial charge in [-0.05, 0) is 30.2 Å². The lowest BCUT2D eigenvalue weighted by Gasteiger charge is -2.26. The van der Waals surface area contributed by atoms with E-state index >= 15 is 0 Å². The first-order valence-corrected chi connectivity index (χ1v) is 10.7. The molecule has 0 unspecified atom stereocenters. The summed E-state index contributed by atoms with van der Waals surface area (Å²) in [6.07, 6.45) is 0.00826. The van der Waals surface area contributed by atoms with E-state index in [-0.39, 0.29) is 55.4 Å². The third-order valence-electron chi connectivity index (χ3n) is 4.90. The van der Waals surface area contributed by atoms with Gasteiger partial charge in [0.25, 0.3) is 0 Å². The molecule has 10 heteroatoms. The Bertz CT molecular complexity index is 910. The fraction of sp³-hybridized carbons (Fsp3) is 0.458. The molecule has 34 heavy (non-hydrogen) atoms. The fourth-order valence-corrected chi connectivity index (χ4v) is 3.45. The van der Waals surface area contributed by atoms with Crippen LogP contribution in [0.25, 0.3) is 0 Å². The molecule has 3 rings (SSSR count). The van der Waals surface area contributed by atoms with Crippen molar-refractivity contribution in [3.05, 3.63) is 52.6 Å². The zero-order valence-electron chi connectivity index (χ0n) is 19.5. The van der Waals surface area contributed by atoms with Crippen LogP contribution >= 0.6 is 0 Å². The van der Waals surface area contributed by atoms with Crippen molar-refractivity contribution in [1.29, 1.82) is 0 Å². The smallest absolute Gasteiger partial charge is 0.204 e. The van der Waals surface area contributed by atoms with Crippen molar-refractivity contribution in [2.75, 3.05) is 54.9 Å². The highest BCUT2D eigenvalue weighted by Gasteiger charge is 2.31. The topological polar surface area (TPSA) is 111 Å². The molecule has 0 bridgehead atoms. The molecule has 0 spiro atoms. The molecule has 1 N–H and O–H groups in total. The van der Waals surface area contributed by atoms with E-state index < -0.39 is 12.1 Å². The Balaban J connectivity index is 2.18. The van der Waals surface area contributed by atoms with Crippen LogP contribution in [0.4, 0.5) is 0 Å². The van der Waals surface area contributed by atoms with Gasteiger partial charge in [0.05, 0.1) is 25.4 Å². The van der Waals surface area contributed by atoms with Crippen LogP contribution in [0.5, 0.6) is 17.2 Å². The van der Waals surface area contributed by atoms with Gasteiger partial charge in [-0.15, -0.1) is 0 Å². The molecule has 0 atom stereocenters. The molecule has 1 fully saturated rings. The average molecular weight is 478 g/mol. The van der Waals surface area contributed by atoms with E-state index in [2.05, 4.69) is 0 Å². The maximum absolute atomic E-state index is 14.1. The van der Waals surface area contributed by atoms with E-state index in [1.54, 1.807) is 30.3 Å². The van der Waals surface area contributed by atoms with Gasteiger partial charge in [0, 0.05) is 26.9 Å². The summed E-state index contributed by atoms with van der Waals surface area (Å²) in [5.74, 6) is 0.162. The predicted molar refractivity (Wildman–Crippen MR) is 119 cm³/mol. The van der Waals surface area contributed by atoms with Crippen molar-refractivity contribution < 1.29 is 47.8 Å². The number of ketones is 1. The zero-order valence-corrected chi connectivity index (χ0v) is 19.5. The van der Waals surface area contributed by atoms with Crippen LogP contribution in [-0.2, 0) is 30.3 Å². The maximum atomic E-state index is 14.1. The predicted octanol–water partition coefficient (Wildman–Crippen LogP) is 2.79. The monoisotopic (exact) mass is 478 g/mol. The molecule has 1 saturated heterocycles. The van der Waals surface area contributed by atoms with E-state index in [1.807, 2.05) is 0 Å². The Morgan fingerprint density at radius 3 is 1.97 bits per heavy atom. The van der Waals surface area contributed by atoms with Crippen LogP contribution in [-0.4, -0.2) is 65.8 Å². The molecule has 1 heterocycles. The number of methoxy groups -OCH3 is 3. The van der Waals surface area contributed by atoms with Gasteiger partial charge >= 0.3 is 0 Å². The highest BCUT2D eigenvalue weighted by molar-refractivity contribution is 6.15. The van der Waals surface area contributed by atoms with Gasteiger partial charge in [0.15, 0.2) is 26.7 Å². The Hall–Kier alpha value is -2.73. The van der Waals surface area contributed by atoms with Crippen molar-refractivity contribution in [1.82, 2.24) is 0 Å². The van der Waals surface area contributed by atoms with E-state index in [9.17, 15) is 9.90 Å². The average Bonchev–Trinajstić information content (AvgIpc) is 2.88. The molecule has 186 valence electrons. The van der Waals surface area contributed by atoms with Crippen LogP contribution in [0.15, 0.2) is 30.3 Å². The van der Waals surface area contributed by atoms with Gasteiger partial charge in [-0.3, -0.25) is 4.79 Å². The number of rotatable bonds is 13. The van der Waals surface area contributed by atoms with Crippen molar-refractivity contribution >= 4 is 5.78 Å². The number of aliphatic hydroxyl groups is 1. The summed E-state index contributed by atoms with van der Waals surface area (Å²) < 4.78 is 43.8. The summed E-state index contributed by atoms with van der Waals surface area (Å²) >= 11 is 0. The molecular formula is C24H30O10. The minimum atomic E-state index is -0.748. The third kappa shape index (κ3) is 6.23. The molecular weight excluding hydrogens is 448 g/mol. The van der Waals surface area contributed by atoms with Crippen LogP contribution < -0.4 is 14.2 Å². The number of hydrogen-bond donors (Lipinski definition) is 1. The molecule has 0 aromatic heterocycles. The molecule has 1 aliphatic heterocycles. The van der Waals surface area contributed by atoms with Gasteiger partial charge in [0.2, 0.25) is 5.78 Å². The summed E-state index contributed by atoms with van der Waals surface area (Å²) in [5, 5.41) is 9.71. The number of benzene rings is 2. The third-order valence-corrected chi connectivity index (χ3v) is 4.90. The normalized spacial score (nSPS) is 14.1. The second-order valence-corrected chi connectivity index (χ2v) is 7.25. The molecule has 1 aliphatic rings. The van der Waals surface area contributed by atoms with Crippen molar-refractivity contribution in [2.24, 2.45) is 0 Å². The van der Waals surface area contributed by atoms with E-state index in [0.29, 0.717) is 24.3 Å². The highest BCUT2D eigenvalue weighted by atomic mass is 16.7. The Morgan fingerprint density at radius 1 is 0.882 bits per heavy atom. The lowest BCUT2D eigenvalue weighted by atomic mass is 9.94. The minimum Gasteiger partial charge on any atom is -0.467 e. The van der Waals surface area contributed by atoms with Crippen LogP contribution in [0.3, 0.4) is 0 Å². The molecule has 2 aromatic carbocycles. The molecule has 0 radical (unpaired) electrons. The zero-order chi connectivity index (χ0) is 24.3. The van der Waals surface area contributed by atoms with Gasteiger partial charge in [0.1, 0.15) is 22.8 Å². The fourth-order valence-electron chi connectivity index (χ4n) is 3.45. The first-order valence-electron chi connectivity index (χ1n) is 10.7. The van der Waals surface area contributed by atoms with Gasteiger partial charge in [-0.25, -0.2) is 0 Å². The number of ether oxygens (including phenoxy) is 8.